The predicted octanol–water partition coefficient (Wildman–Crippen LogP) is 3.58. The summed E-state index contributed by atoms with van der Waals surface area (Å²) in [6, 6.07) is 4.39. The number of aryl methyl sites for hydroxylation is 1. The Morgan fingerprint density at radius 2 is 2.32 bits per heavy atom. The van der Waals surface area contributed by atoms with Crippen LogP contribution in [0.2, 0.25) is 0 Å². The molecule has 0 aliphatic carbocycles. The summed E-state index contributed by atoms with van der Waals surface area (Å²) < 4.78 is 6.43. The van der Waals surface area contributed by atoms with Crippen LogP contribution >= 0.6 is 22.7 Å². The molecule has 1 aliphatic heterocycles. The summed E-state index contributed by atoms with van der Waals surface area (Å²) in [7, 11) is 0. The lowest BCUT2D eigenvalue weighted by molar-refractivity contribution is -0.0381. The maximum absolute atomic E-state index is 6.37. The van der Waals surface area contributed by atoms with E-state index in [0.29, 0.717) is 5.92 Å². The number of hydrogen-bond donors (Lipinski definition) is 2. The van der Waals surface area contributed by atoms with Gasteiger partial charge in [-0.1, -0.05) is 6.07 Å². The average Bonchev–Trinajstić information content (AvgIpc) is 3.19. The minimum Gasteiger partial charge on any atom is -0.381 e. The number of nitrogens with zero attached hydrogens (tertiary/aromatic N) is 2. The summed E-state index contributed by atoms with van der Waals surface area (Å²) in [6.45, 7) is 4.67. The van der Waals surface area contributed by atoms with Gasteiger partial charge in [-0.05, 0) is 36.8 Å². The Labute approximate surface area is 155 Å². The zero-order valence-electron chi connectivity index (χ0n) is 14.2. The van der Waals surface area contributed by atoms with Crippen molar-refractivity contribution >= 4 is 38.6 Å². The minimum atomic E-state index is 0.177. The molecule has 5 nitrogen and oxygen atoms in total. The SMILES string of the molecule is Cc1c(C[C@@H](N)CC2COC2)sc2c(NCc3cccs3)cnnc12. The van der Waals surface area contributed by atoms with Crippen LogP contribution in [0.3, 0.4) is 0 Å². The highest BCUT2D eigenvalue weighted by Crippen LogP contribution is 2.35. The molecule has 1 fully saturated rings. The fourth-order valence-corrected chi connectivity index (χ4v) is 5.11. The molecule has 3 aromatic heterocycles. The molecule has 1 saturated heterocycles. The van der Waals surface area contributed by atoms with Crippen molar-refractivity contribution in [3.05, 3.63) is 39.0 Å². The first-order valence-electron chi connectivity index (χ1n) is 8.54. The van der Waals surface area contributed by atoms with Gasteiger partial charge in [0.25, 0.3) is 0 Å². The number of rotatable bonds is 7. The molecule has 25 heavy (non-hydrogen) atoms. The van der Waals surface area contributed by atoms with E-state index in [1.807, 2.05) is 6.20 Å². The molecule has 4 heterocycles. The Hall–Kier alpha value is -1.54. The highest BCUT2D eigenvalue weighted by atomic mass is 32.1. The van der Waals surface area contributed by atoms with Gasteiger partial charge < -0.3 is 15.8 Å². The maximum atomic E-state index is 6.37. The molecule has 0 aromatic carbocycles. The first kappa shape index (κ1) is 16.9. The third-order valence-corrected chi connectivity index (χ3v) is 6.84. The predicted molar refractivity (Wildman–Crippen MR) is 104 cm³/mol. The van der Waals surface area contributed by atoms with E-state index >= 15 is 0 Å². The number of nitrogens with two attached hydrogens (primary N) is 1. The van der Waals surface area contributed by atoms with Crippen molar-refractivity contribution in [2.75, 3.05) is 18.5 Å². The molecule has 0 spiro atoms. The van der Waals surface area contributed by atoms with Crippen molar-refractivity contribution in [3.8, 4) is 0 Å². The fourth-order valence-electron chi connectivity index (χ4n) is 3.14. The molecular weight excluding hydrogens is 352 g/mol. The number of anilines is 1. The van der Waals surface area contributed by atoms with E-state index in [1.165, 1.54) is 20.0 Å². The van der Waals surface area contributed by atoms with Gasteiger partial charge in [0, 0.05) is 28.3 Å². The second-order valence-electron chi connectivity index (χ2n) is 6.62. The van der Waals surface area contributed by atoms with E-state index < -0.39 is 0 Å². The Kier molecular flexibility index (Phi) is 4.98. The Bertz CT molecular complexity index is 842. The van der Waals surface area contributed by atoms with E-state index in [4.69, 9.17) is 10.5 Å². The van der Waals surface area contributed by atoms with Crippen LogP contribution in [-0.2, 0) is 17.7 Å². The van der Waals surface area contributed by atoms with E-state index in [-0.39, 0.29) is 6.04 Å². The highest BCUT2D eigenvalue weighted by Gasteiger charge is 2.23. The molecular formula is C18H22N4OS2. The minimum absolute atomic E-state index is 0.177. The topological polar surface area (TPSA) is 73.1 Å². The van der Waals surface area contributed by atoms with Gasteiger partial charge in [0.1, 0.15) is 5.52 Å². The van der Waals surface area contributed by atoms with Crippen molar-refractivity contribution in [1.29, 1.82) is 0 Å². The van der Waals surface area contributed by atoms with Gasteiger partial charge in [-0.3, -0.25) is 0 Å². The van der Waals surface area contributed by atoms with Gasteiger partial charge >= 0.3 is 0 Å². The fraction of sp³-hybridized carbons (Fsp3) is 0.444. The summed E-state index contributed by atoms with van der Waals surface area (Å²) >= 11 is 3.55. The first-order valence-corrected chi connectivity index (χ1v) is 10.2. The van der Waals surface area contributed by atoms with Gasteiger partial charge in [0.2, 0.25) is 0 Å². The Morgan fingerprint density at radius 3 is 3.04 bits per heavy atom. The number of nitrogens with one attached hydrogen (secondary N) is 1. The lowest BCUT2D eigenvalue weighted by Crippen LogP contribution is -2.35. The molecule has 0 bridgehead atoms. The van der Waals surface area contributed by atoms with E-state index in [9.17, 15) is 0 Å². The van der Waals surface area contributed by atoms with Crippen LogP contribution in [0.4, 0.5) is 5.69 Å². The molecule has 7 heteroatoms. The van der Waals surface area contributed by atoms with Crippen molar-refractivity contribution < 1.29 is 4.74 Å². The summed E-state index contributed by atoms with van der Waals surface area (Å²) in [5.74, 6) is 0.632. The molecule has 3 aromatic rings. The largest absolute Gasteiger partial charge is 0.381 e. The molecule has 1 atom stereocenters. The molecule has 0 amide bonds. The van der Waals surface area contributed by atoms with Gasteiger partial charge in [0.05, 0.1) is 29.8 Å². The Morgan fingerprint density at radius 1 is 1.44 bits per heavy atom. The number of hydrogen-bond acceptors (Lipinski definition) is 7. The monoisotopic (exact) mass is 374 g/mol. The van der Waals surface area contributed by atoms with Crippen LogP contribution in [0.15, 0.2) is 23.7 Å². The molecule has 1 aliphatic rings. The van der Waals surface area contributed by atoms with Gasteiger partial charge in [-0.2, -0.15) is 5.10 Å². The summed E-state index contributed by atoms with van der Waals surface area (Å²) in [4.78, 5) is 2.63. The third-order valence-electron chi connectivity index (χ3n) is 4.63. The average molecular weight is 375 g/mol. The van der Waals surface area contributed by atoms with Crippen molar-refractivity contribution in [3.63, 3.8) is 0 Å². The van der Waals surface area contributed by atoms with Gasteiger partial charge in [-0.25, -0.2) is 0 Å². The van der Waals surface area contributed by atoms with E-state index in [0.717, 1.165) is 43.8 Å². The zero-order chi connectivity index (χ0) is 17.2. The zero-order valence-corrected chi connectivity index (χ0v) is 15.8. The first-order chi connectivity index (χ1) is 12.2. The maximum Gasteiger partial charge on any atom is 0.109 e. The van der Waals surface area contributed by atoms with Crippen LogP contribution in [0.25, 0.3) is 10.2 Å². The Balaban J connectivity index is 1.52. The quantitative estimate of drug-likeness (QED) is 0.661. The van der Waals surface area contributed by atoms with E-state index in [1.54, 1.807) is 22.7 Å². The number of thiophene rings is 2. The van der Waals surface area contributed by atoms with Crippen LogP contribution in [-0.4, -0.2) is 29.5 Å². The lowest BCUT2D eigenvalue weighted by atomic mass is 9.96. The highest BCUT2D eigenvalue weighted by molar-refractivity contribution is 7.19. The second kappa shape index (κ2) is 7.37. The van der Waals surface area contributed by atoms with Gasteiger partial charge in [0.15, 0.2) is 0 Å². The van der Waals surface area contributed by atoms with Crippen LogP contribution in [0.1, 0.15) is 21.7 Å². The van der Waals surface area contributed by atoms with Crippen molar-refractivity contribution in [1.82, 2.24) is 10.2 Å². The summed E-state index contributed by atoms with van der Waals surface area (Å²) in [6.07, 6.45) is 3.75. The van der Waals surface area contributed by atoms with Crippen molar-refractivity contribution in [2.45, 2.75) is 32.4 Å². The molecule has 0 radical (unpaired) electrons. The van der Waals surface area contributed by atoms with Crippen molar-refractivity contribution in [2.24, 2.45) is 11.7 Å². The molecule has 132 valence electrons. The smallest absolute Gasteiger partial charge is 0.109 e. The molecule has 3 N–H and O–H groups in total. The number of ether oxygens (including phenoxy) is 1. The normalized spacial score (nSPS) is 16.1. The second-order valence-corrected chi connectivity index (χ2v) is 8.76. The molecule has 0 unspecified atom stereocenters. The van der Waals surface area contributed by atoms with Crippen LogP contribution in [0.5, 0.6) is 0 Å². The third kappa shape index (κ3) is 3.69. The summed E-state index contributed by atoms with van der Waals surface area (Å²) in [5, 5.41) is 14.2. The molecule has 4 rings (SSSR count). The van der Waals surface area contributed by atoms with Gasteiger partial charge in [-0.15, -0.1) is 27.8 Å². The van der Waals surface area contributed by atoms with Crippen LogP contribution in [0, 0.1) is 12.8 Å². The number of aromatic nitrogens is 2. The number of fused-ring (bicyclic) bond motifs is 1. The van der Waals surface area contributed by atoms with Crippen LogP contribution < -0.4 is 11.1 Å². The van der Waals surface area contributed by atoms with E-state index in [2.05, 4.69) is 40.0 Å². The lowest BCUT2D eigenvalue weighted by Gasteiger charge is -2.28. The summed E-state index contributed by atoms with van der Waals surface area (Å²) in [5.41, 5.74) is 9.63. The molecule has 0 saturated carbocycles. The standard InChI is InChI=1S/C18H22N4OS2/c1-11-16(6-13(19)5-12-9-23-10-12)25-18-15(8-21-22-17(11)18)20-7-14-3-2-4-24-14/h2-4,8,12-13H,5-7,9-10,19H2,1H3,(H,20,22)/t13-/m0/s1.